The maximum Gasteiger partial charge on any atom is 0.168 e. The first-order valence-electron chi connectivity index (χ1n) is 12.2. The van der Waals surface area contributed by atoms with E-state index in [1.165, 1.54) is 6.08 Å². The van der Waals surface area contributed by atoms with Gasteiger partial charge < -0.3 is 9.84 Å². The third-order valence-corrected chi connectivity index (χ3v) is 7.34. The molecular formula is C32H28O4. The molecule has 1 N–H and O–H groups in total. The maximum absolute atomic E-state index is 14.5. The van der Waals surface area contributed by atoms with E-state index in [1.54, 1.807) is 6.08 Å². The Bertz CT molecular complexity index is 1350. The van der Waals surface area contributed by atoms with Gasteiger partial charge in [0.15, 0.2) is 11.6 Å². The van der Waals surface area contributed by atoms with Gasteiger partial charge in [0.2, 0.25) is 0 Å². The molecule has 3 unspecified atom stereocenters. The minimum atomic E-state index is -1.16. The third-order valence-electron chi connectivity index (χ3n) is 7.34. The minimum Gasteiger partial charge on any atom is -0.491 e. The molecule has 0 bridgehead atoms. The van der Waals surface area contributed by atoms with Crippen molar-refractivity contribution >= 4 is 17.1 Å². The van der Waals surface area contributed by atoms with Crippen LogP contribution < -0.4 is 4.74 Å². The van der Waals surface area contributed by atoms with Crippen molar-refractivity contribution in [3.63, 3.8) is 0 Å². The Morgan fingerprint density at radius 2 is 1.61 bits per heavy atom. The van der Waals surface area contributed by atoms with Crippen molar-refractivity contribution in [1.29, 1.82) is 0 Å². The number of hydrogen-bond donors (Lipinski definition) is 1. The minimum absolute atomic E-state index is 0.0391. The number of carbonyl (C=O) groups is 2. The van der Waals surface area contributed by atoms with Crippen LogP contribution in [0.15, 0.2) is 115 Å². The number of hydrogen-bond acceptors (Lipinski definition) is 4. The molecule has 0 spiro atoms. The van der Waals surface area contributed by atoms with E-state index >= 15 is 0 Å². The number of carbonyl (C=O) groups excluding carboxylic acids is 2. The first kappa shape index (κ1) is 23.7. The van der Waals surface area contributed by atoms with Gasteiger partial charge in [0.05, 0.1) is 12.0 Å². The van der Waals surface area contributed by atoms with E-state index in [1.807, 2.05) is 91.0 Å². The molecule has 0 heterocycles. The van der Waals surface area contributed by atoms with Gasteiger partial charge in [-0.05, 0) is 35.3 Å². The number of rotatable bonds is 7. The smallest absolute Gasteiger partial charge is 0.168 e. The molecule has 0 aromatic heterocycles. The largest absolute Gasteiger partial charge is 0.491 e. The Labute approximate surface area is 211 Å². The fraction of sp³-hybridized carbons (Fsp3) is 0.188. The molecule has 0 amide bonds. The van der Waals surface area contributed by atoms with Gasteiger partial charge in [-0.3, -0.25) is 9.59 Å². The molecule has 2 aliphatic rings. The summed E-state index contributed by atoms with van der Waals surface area (Å²) in [6.45, 7) is 4.06. The van der Waals surface area contributed by atoms with E-state index in [4.69, 9.17) is 4.74 Å². The number of Topliss-reactive ketones (excluding diaryl/α,β-unsaturated/α-hetero) is 1. The highest BCUT2D eigenvalue weighted by Gasteiger charge is 2.59. The van der Waals surface area contributed by atoms with Crippen LogP contribution in [-0.2, 0) is 15.0 Å². The van der Waals surface area contributed by atoms with Gasteiger partial charge in [0.25, 0.3) is 0 Å². The molecule has 0 saturated carbocycles. The topological polar surface area (TPSA) is 63.6 Å². The highest BCUT2D eigenvalue weighted by Crippen LogP contribution is 2.58. The van der Waals surface area contributed by atoms with Crippen molar-refractivity contribution in [2.45, 2.75) is 17.8 Å². The van der Waals surface area contributed by atoms with Gasteiger partial charge >= 0.3 is 0 Å². The Morgan fingerprint density at radius 3 is 2.31 bits per heavy atom. The number of aliphatic hydroxyl groups is 1. The number of allylic oxidation sites excluding steroid dienone is 5. The van der Waals surface area contributed by atoms with E-state index < -0.39 is 17.3 Å². The summed E-state index contributed by atoms with van der Waals surface area (Å²) in [5.41, 5.74) is 2.52. The first-order chi connectivity index (χ1) is 17.6. The summed E-state index contributed by atoms with van der Waals surface area (Å²) in [5.74, 6) is -0.643. The Balaban J connectivity index is 1.80. The van der Waals surface area contributed by atoms with Crippen LogP contribution in [0.2, 0.25) is 0 Å². The van der Waals surface area contributed by atoms with Crippen LogP contribution in [0.1, 0.15) is 29.0 Å². The average molecular weight is 477 g/mol. The number of ketones is 2. The lowest BCUT2D eigenvalue weighted by atomic mass is 9.50. The summed E-state index contributed by atoms with van der Waals surface area (Å²) in [6, 6.07) is 26.6. The molecule has 3 atom stereocenters. The Kier molecular flexibility index (Phi) is 6.53. The summed E-state index contributed by atoms with van der Waals surface area (Å²) in [4.78, 5) is 28.7. The van der Waals surface area contributed by atoms with Crippen LogP contribution in [0.25, 0.3) is 5.57 Å². The van der Waals surface area contributed by atoms with Crippen LogP contribution >= 0.6 is 0 Å². The number of para-hydroxylation sites is 1. The zero-order valence-electron chi connectivity index (χ0n) is 20.0. The van der Waals surface area contributed by atoms with Crippen LogP contribution in [0.5, 0.6) is 5.75 Å². The summed E-state index contributed by atoms with van der Waals surface area (Å²) in [6.07, 6.45) is 5.78. The fourth-order valence-electron chi connectivity index (χ4n) is 5.86. The van der Waals surface area contributed by atoms with Crippen molar-refractivity contribution in [3.05, 3.63) is 132 Å². The second-order valence-corrected chi connectivity index (χ2v) is 9.13. The normalized spacial score (nSPS) is 23.4. The zero-order valence-corrected chi connectivity index (χ0v) is 20.0. The molecule has 0 saturated heterocycles. The number of benzene rings is 3. The summed E-state index contributed by atoms with van der Waals surface area (Å²) < 4.78 is 5.92. The SMILES string of the molecule is C=CC1=CCC2C(=O)C(c3ccccc3)=CC(=O)C2(c2ccccc2)C1c1ccccc1OCCO. The van der Waals surface area contributed by atoms with Crippen LogP contribution in [-0.4, -0.2) is 29.9 Å². The molecule has 2 aliphatic carbocycles. The molecule has 4 heteroatoms. The van der Waals surface area contributed by atoms with Crippen LogP contribution in [0.3, 0.4) is 0 Å². The molecule has 0 aliphatic heterocycles. The highest BCUT2D eigenvalue weighted by atomic mass is 16.5. The van der Waals surface area contributed by atoms with Gasteiger partial charge in [0.1, 0.15) is 12.4 Å². The molecule has 5 rings (SSSR count). The van der Waals surface area contributed by atoms with Gasteiger partial charge in [-0.1, -0.05) is 97.6 Å². The van der Waals surface area contributed by atoms with E-state index in [0.29, 0.717) is 17.7 Å². The molecule has 4 nitrogen and oxygen atoms in total. The highest BCUT2D eigenvalue weighted by molar-refractivity contribution is 6.31. The van der Waals surface area contributed by atoms with Crippen molar-refractivity contribution in [3.8, 4) is 5.75 Å². The Morgan fingerprint density at radius 1 is 0.944 bits per heavy atom. The number of ether oxygens (including phenoxy) is 1. The van der Waals surface area contributed by atoms with Crippen LogP contribution in [0, 0.1) is 5.92 Å². The molecular weight excluding hydrogens is 448 g/mol. The van der Waals surface area contributed by atoms with Gasteiger partial charge in [-0.2, -0.15) is 0 Å². The van der Waals surface area contributed by atoms with E-state index in [2.05, 4.69) is 6.58 Å². The average Bonchev–Trinajstić information content (AvgIpc) is 2.94. The zero-order chi connectivity index (χ0) is 25.1. The fourth-order valence-corrected chi connectivity index (χ4v) is 5.86. The van der Waals surface area contributed by atoms with Gasteiger partial charge in [0, 0.05) is 23.0 Å². The second-order valence-electron chi connectivity index (χ2n) is 9.13. The second kappa shape index (κ2) is 9.92. The standard InChI is InChI=1S/C32H28O4/c1-2-22-17-18-27-31(35)26(23-11-5-3-6-12-23)21-29(34)32(27,24-13-7-4-8-14-24)30(22)25-15-9-10-16-28(25)36-20-19-33/h2-17,21,27,30,33H,1,18-20H2. The van der Waals surface area contributed by atoms with Crippen molar-refractivity contribution in [1.82, 2.24) is 0 Å². The lowest BCUT2D eigenvalue weighted by Crippen LogP contribution is -2.54. The van der Waals surface area contributed by atoms with E-state index in [0.717, 1.165) is 22.3 Å². The molecule has 36 heavy (non-hydrogen) atoms. The predicted octanol–water partition coefficient (Wildman–Crippen LogP) is 5.45. The predicted molar refractivity (Wildman–Crippen MR) is 141 cm³/mol. The lowest BCUT2D eigenvalue weighted by Gasteiger charge is -2.50. The molecule has 180 valence electrons. The van der Waals surface area contributed by atoms with Crippen LogP contribution in [0.4, 0.5) is 0 Å². The van der Waals surface area contributed by atoms with Crippen molar-refractivity contribution < 1.29 is 19.4 Å². The molecule has 3 aromatic carbocycles. The van der Waals surface area contributed by atoms with Crippen molar-refractivity contribution in [2.75, 3.05) is 13.2 Å². The summed E-state index contributed by atoms with van der Waals surface area (Å²) in [7, 11) is 0. The first-order valence-corrected chi connectivity index (χ1v) is 12.2. The Hall–Kier alpha value is -4.02. The van der Waals surface area contributed by atoms with Gasteiger partial charge in [-0.25, -0.2) is 0 Å². The number of aliphatic hydroxyl groups excluding tert-OH is 1. The summed E-state index contributed by atoms with van der Waals surface area (Å²) in [5, 5.41) is 9.40. The molecule has 0 radical (unpaired) electrons. The lowest BCUT2D eigenvalue weighted by molar-refractivity contribution is -0.131. The van der Waals surface area contributed by atoms with E-state index in [-0.39, 0.29) is 24.8 Å². The monoisotopic (exact) mass is 476 g/mol. The maximum atomic E-state index is 14.5. The third kappa shape index (κ3) is 3.75. The molecule has 0 fully saturated rings. The quantitative estimate of drug-likeness (QED) is 0.493. The van der Waals surface area contributed by atoms with Gasteiger partial charge in [-0.15, -0.1) is 0 Å². The van der Waals surface area contributed by atoms with Crippen molar-refractivity contribution in [2.24, 2.45) is 5.92 Å². The number of fused-ring (bicyclic) bond motifs is 1. The van der Waals surface area contributed by atoms with E-state index in [9.17, 15) is 14.7 Å². The summed E-state index contributed by atoms with van der Waals surface area (Å²) >= 11 is 0. The molecule has 3 aromatic rings.